The molecule has 0 aliphatic carbocycles. The number of nitrogens with one attached hydrogen (secondary N) is 3. The van der Waals surface area contributed by atoms with Crippen LogP contribution < -0.4 is 21.1 Å². The van der Waals surface area contributed by atoms with Crippen LogP contribution in [0.1, 0.15) is 18.4 Å². The van der Waals surface area contributed by atoms with E-state index in [-0.39, 0.29) is 30.0 Å². The van der Waals surface area contributed by atoms with E-state index in [0.29, 0.717) is 31.6 Å². The maximum Gasteiger partial charge on any atom is 0.292 e. The van der Waals surface area contributed by atoms with Crippen LogP contribution >= 0.6 is 0 Å². The number of carbonyl (C=O) groups excluding carboxylic acids is 2. The van der Waals surface area contributed by atoms with Gasteiger partial charge in [-0.1, -0.05) is 29.8 Å². The largest absolute Gasteiger partial charge is 0.376 e. The van der Waals surface area contributed by atoms with Crippen molar-refractivity contribution in [3.8, 4) is 0 Å². The van der Waals surface area contributed by atoms with Crippen LogP contribution in [0.3, 0.4) is 0 Å². The van der Waals surface area contributed by atoms with Crippen molar-refractivity contribution in [1.82, 2.24) is 10.9 Å². The fourth-order valence-electron chi connectivity index (χ4n) is 3.40. The summed E-state index contributed by atoms with van der Waals surface area (Å²) in [5.74, 6) is -0.850. The zero-order valence-corrected chi connectivity index (χ0v) is 16.8. The molecule has 0 spiro atoms. The molecule has 1 aliphatic rings. The number of nitrogens with zero attached hydrogens (tertiary/aromatic N) is 2. The number of anilines is 2. The summed E-state index contributed by atoms with van der Waals surface area (Å²) in [6, 6.07) is 14.3. The van der Waals surface area contributed by atoms with E-state index >= 15 is 0 Å². The van der Waals surface area contributed by atoms with Gasteiger partial charge in [0.15, 0.2) is 0 Å². The zero-order valence-electron chi connectivity index (χ0n) is 16.8. The molecule has 2 amide bonds. The fourth-order valence-corrected chi connectivity index (χ4v) is 3.40. The van der Waals surface area contributed by atoms with Gasteiger partial charge in [0.05, 0.1) is 11.5 Å². The Bertz CT molecular complexity index is 908. The predicted molar refractivity (Wildman–Crippen MR) is 114 cm³/mol. The monoisotopic (exact) mass is 411 g/mol. The van der Waals surface area contributed by atoms with Crippen LogP contribution in [-0.2, 0) is 9.59 Å². The number of piperidine rings is 1. The molecular formula is C21H25N5O4. The number of hydrogen-bond donors (Lipinski definition) is 3. The Morgan fingerprint density at radius 3 is 2.40 bits per heavy atom. The van der Waals surface area contributed by atoms with Crippen LogP contribution in [-0.4, -0.2) is 36.4 Å². The number of nitro groups is 1. The molecule has 0 unspecified atom stereocenters. The molecule has 158 valence electrons. The van der Waals surface area contributed by atoms with Crippen molar-refractivity contribution < 1.29 is 14.5 Å². The molecule has 9 heteroatoms. The lowest BCUT2D eigenvalue weighted by Crippen LogP contribution is -2.48. The van der Waals surface area contributed by atoms with Crippen LogP contribution in [0.25, 0.3) is 0 Å². The summed E-state index contributed by atoms with van der Waals surface area (Å²) in [5, 5.41) is 14.2. The van der Waals surface area contributed by atoms with Crippen molar-refractivity contribution in [1.29, 1.82) is 0 Å². The number of aryl methyl sites for hydroxylation is 1. The fraction of sp³-hybridized carbons (Fsp3) is 0.333. The number of para-hydroxylation sites is 2. The van der Waals surface area contributed by atoms with Crippen molar-refractivity contribution in [2.45, 2.75) is 19.8 Å². The Morgan fingerprint density at radius 2 is 1.73 bits per heavy atom. The third kappa shape index (κ3) is 5.47. The second-order valence-corrected chi connectivity index (χ2v) is 7.26. The van der Waals surface area contributed by atoms with Crippen molar-refractivity contribution in [2.75, 3.05) is 29.9 Å². The van der Waals surface area contributed by atoms with Gasteiger partial charge in [0.25, 0.3) is 11.6 Å². The van der Waals surface area contributed by atoms with Gasteiger partial charge in [0.2, 0.25) is 5.91 Å². The zero-order chi connectivity index (χ0) is 21.5. The molecule has 2 aromatic carbocycles. The lowest BCUT2D eigenvalue weighted by Gasteiger charge is -2.32. The quantitative estimate of drug-likeness (QED) is 0.496. The van der Waals surface area contributed by atoms with E-state index in [1.807, 2.05) is 36.1 Å². The van der Waals surface area contributed by atoms with E-state index in [4.69, 9.17) is 0 Å². The molecule has 30 heavy (non-hydrogen) atoms. The Balaban J connectivity index is 1.42. The van der Waals surface area contributed by atoms with Gasteiger partial charge < -0.3 is 10.2 Å². The molecule has 3 N–H and O–H groups in total. The first kappa shape index (κ1) is 21.1. The average Bonchev–Trinajstić information content (AvgIpc) is 2.77. The molecule has 1 heterocycles. The third-order valence-corrected chi connectivity index (χ3v) is 5.11. The second kappa shape index (κ2) is 9.73. The number of benzene rings is 2. The number of amides is 2. The van der Waals surface area contributed by atoms with Gasteiger partial charge in [-0.05, 0) is 38.0 Å². The standard InChI is InChI=1S/C21H25N5O4/c1-15-6-8-17(9-7-15)22-14-20(27)23-24-21(28)16-10-12-25(13-11-16)18-4-2-3-5-19(18)26(29)30/h2-9,16,22H,10-14H2,1H3,(H,23,27)(H,24,28). The van der Waals surface area contributed by atoms with E-state index in [1.165, 1.54) is 6.07 Å². The van der Waals surface area contributed by atoms with Crippen LogP contribution in [0, 0.1) is 23.0 Å². The summed E-state index contributed by atoms with van der Waals surface area (Å²) in [5.41, 5.74) is 7.48. The highest BCUT2D eigenvalue weighted by molar-refractivity contribution is 5.85. The molecule has 0 saturated carbocycles. The van der Waals surface area contributed by atoms with Gasteiger partial charge in [0, 0.05) is 30.8 Å². The van der Waals surface area contributed by atoms with Gasteiger partial charge >= 0.3 is 0 Å². The van der Waals surface area contributed by atoms with Crippen molar-refractivity contribution in [3.05, 3.63) is 64.2 Å². The minimum atomic E-state index is -0.395. The summed E-state index contributed by atoms with van der Waals surface area (Å²) in [6.45, 7) is 3.09. The molecule has 1 aliphatic heterocycles. The lowest BCUT2D eigenvalue weighted by molar-refractivity contribution is -0.384. The molecule has 2 aromatic rings. The minimum Gasteiger partial charge on any atom is -0.376 e. The summed E-state index contributed by atoms with van der Waals surface area (Å²) < 4.78 is 0. The number of rotatable bonds is 6. The van der Waals surface area contributed by atoms with Crippen LogP contribution in [0.5, 0.6) is 0 Å². The number of hydrazine groups is 1. The minimum absolute atomic E-state index is 0.0411. The summed E-state index contributed by atoms with van der Waals surface area (Å²) in [6.07, 6.45) is 1.10. The highest BCUT2D eigenvalue weighted by Crippen LogP contribution is 2.31. The number of carbonyl (C=O) groups is 2. The molecule has 1 saturated heterocycles. The number of hydrogen-bond acceptors (Lipinski definition) is 6. The maximum atomic E-state index is 12.4. The maximum absolute atomic E-state index is 12.4. The first-order chi connectivity index (χ1) is 14.4. The Hall–Kier alpha value is -3.62. The summed E-state index contributed by atoms with van der Waals surface area (Å²) >= 11 is 0. The lowest BCUT2D eigenvalue weighted by atomic mass is 9.95. The molecule has 0 bridgehead atoms. The number of nitro benzene ring substituents is 1. The Morgan fingerprint density at radius 1 is 1.07 bits per heavy atom. The van der Waals surface area contributed by atoms with E-state index in [1.54, 1.807) is 18.2 Å². The molecular weight excluding hydrogens is 386 g/mol. The van der Waals surface area contributed by atoms with Crippen LogP contribution in [0.15, 0.2) is 48.5 Å². The van der Waals surface area contributed by atoms with Crippen LogP contribution in [0.2, 0.25) is 0 Å². The average molecular weight is 411 g/mol. The molecule has 0 atom stereocenters. The van der Waals surface area contributed by atoms with Crippen LogP contribution in [0.4, 0.5) is 17.1 Å². The van der Waals surface area contributed by atoms with Gasteiger partial charge in [-0.3, -0.25) is 30.6 Å². The van der Waals surface area contributed by atoms with E-state index in [9.17, 15) is 19.7 Å². The highest BCUT2D eigenvalue weighted by atomic mass is 16.6. The first-order valence-corrected chi connectivity index (χ1v) is 9.81. The van der Waals surface area contributed by atoms with E-state index < -0.39 is 4.92 Å². The molecule has 0 aromatic heterocycles. The molecule has 1 fully saturated rings. The highest BCUT2D eigenvalue weighted by Gasteiger charge is 2.28. The van der Waals surface area contributed by atoms with E-state index in [2.05, 4.69) is 16.2 Å². The summed E-state index contributed by atoms with van der Waals surface area (Å²) in [7, 11) is 0. The topological polar surface area (TPSA) is 117 Å². The summed E-state index contributed by atoms with van der Waals surface area (Å²) in [4.78, 5) is 37.1. The van der Waals surface area contributed by atoms with Crippen molar-refractivity contribution >= 4 is 28.9 Å². The van der Waals surface area contributed by atoms with Gasteiger partial charge in [-0.15, -0.1) is 0 Å². The molecule has 0 radical (unpaired) electrons. The Labute approximate surface area is 174 Å². The predicted octanol–water partition coefficient (Wildman–Crippen LogP) is 2.38. The third-order valence-electron chi connectivity index (χ3n) is 5.11. The van der Waals surface area contributed by atoms with Crippen molar-refractivity contribution in [3.63, 3.8) is 0 Å². The van der Waals surface area contributed by atoms with Crippen molar-refractivity contribution in [2.24, 2.45) is 5.92 Å². The smallest absolute Gasteiger partial charge is 0.292 e. The molecule has 9 nitrogen and oxygen atoms in total. The van der Waals surface area contributed by atoms with Gasteiger partial charge in [-0.25, -0.2) is 0 Å². The Kier molecular flexibility index (Phi) is 6.84. The van der Waals surface area contributed by atoms with E-state index in [0.717, 1.165) is 11.3 Å². The SMILES string of the molecule is Cc1ccc(NCC(=O)NNC(=O)C2CCN(c3ccccc3[N+](=O)[O-])CC2)cc1. The normalized spacial score (nSPS) is 14.1. The first-order valence-electron chi connectivity index (χ1n) is 9.81. The second-order valence-electron chi connectivity index (χ2n) is 7.26. The molecule has 3 rings (SSSR count). The van der Waals surface area contributed by atoms with Gasteiger partial charge in [-0.2, -0.15) is 0 Å². The van der Waals surface area contributed by atoms with Gasteiger partial charge in [0.1, 0.15) is 5.69 Å².